The highest BCUT2D eigenvalue weighted by Crippen LogP contribution is 2.40. The van der Waals surface area contributed by atoms with Gasteiger partial charge >= 0.3 is 5.63 Å². The Labute approximate surface area is 207 Å². The second-order valence-corrected chi connectivity index (χ2v) is 10.5. The Morgan fingerprint density at radius 2 is 1.69 bits per heavy atom. The van der Waals surface area contributed by atoms with Gasteiger partial charge in [0.1, 0.15) is 5.75 Å². The van der Waals surface area contributed by atoms with E-state index in [1.165, 1.54) is 37.4 Å². The molecule has 1 atom stereocenters. The van der Waals surface area contributed by atoms with Gasteiger partial charge in [-0.1, -0.05) is 41.4 Å². The van der Waals surface area contributed by atoms with E-state index in [2.05, 4.69) is 5.10 Å². The van der Waals surface area contributed by atoms with Gasteiger partial charge in [0, 0.05) is 22.9 Å². The molecule has 178 valence electrons. The summed E-state index contributed by atoms with van der Waals surface area (Å²) in [6.07, 6.45) is 0.254. The Balaban J connectivity index is 1.71. The van der Waals surface area contributed by atoms with Gasteiger partial charge < -0.3 is 9.15 Å². The van der Waals surface area contributed by atoms with E-state index in [0.29, 0.717) is 33.0 Å². The highest BCUT2D eigenvalue weighted by atomic mass is 35.5. The zero-order valence-corrected chi connectivity index (χ0v) is 20.5. The number of methoxy groups -OCH3 is 1. The third kappa shape index (κ3) is 4.19. The number of hydrogen-bond acceptors (Lipinski definition) is 6. The minimum atomic E-state index is -4.03. The molecule has 1 aliphatic heterocycles. The summed E-state index contributed by atoms with van der Waals surface area (Å²) in [4.78, 5) is 12.1. The summed E-state index contributed by atoms with van der Waals surface area (Å²) >= 11 is 5.98. The zero-order valence-electron chi connectivity index (χ0n) is 18.9. The van der Waals surface area contributed by atoms with Gasteiger partial charge in [0.05, 0.1) is 29.3 Å². The second-order valence-electron chi connectivity index (χ2n) is 8.22. The maximum atomic E-state index is 13.7. The van der Waals surface area contributed by atoms with Crippen LogP contribution in [0.25, 0.3) is 11.0 Å². The summed E-state index contributed by atoms with van der Waals surface area (Å²) < 4.78 is 39.6. The van der Waals surface area contributed by atoms with Crippen LogP contribution in [-0.4, -0.2) is 25.7 Å². The molecular weight excluding hydrogens is 488 g/mol. The normalized spacial score (nSPS) is 15.9. The van der Waals surface area contributed by atoms with E-state index in [1.807, 2.05) is 31.2 Å². The average Bonchev–Trinajstić information content (AvgIpc) is 3.30. The van der Waals surface area contributed by atoms with Crippen LogP contribution in [0.5, 0.6) is 5.75 Å². The number of aryl methyl sites for hydroxylation is 1. The lowest BCUT2D eigenvalue weighted by Gasteiger charge is -2.23. The number of ether oxygens (including phenoxy) is 1. The van der Waals surface area contributed by atoms with E-state index in [1.54, 1.807) is 18.2 Å². The first-order valence-electron chi connectivity index (χ1n) is 10.8. The monoisotopic (exact) mass is 508 g/mol. The Kier molecular flexibility index (Phi) is 5.86. The first-order chi connectivity index (χ1) is 16.8. The highest BCUT2D eigenvalue weighted by molar-refractivity contribution is 7.89. The standard InChI is InChI=1S/C26H21ClN2O5S/c1-16-3-5-17(6-4-16)22-15-21(28-29(22)35(31,32)20-11-9-19(27)10-12-20)25-23(33-2)13-7-18-8-14-24(30)34-26(18)25/h3-14,22H,15H2,1-2H3. The molecule has 3 aromatic carbocycles. The van der Waals surface area contributed by atoms with Crippen LogP contribution in [0.2, 0.25) is 5.02 Å². The molecule has 1 unspecified atom stereocenters. The van der Waals surface area contributed by atoms with Gasteiger partial charge in [0.15, 0.2) is 5.58 Å². The van der Waals surface area contributed by atoms with Crippen LogP contribution in [0.15, 0.2) is 92.0 Å². The summed E-state index contributed by atoms with van der Waals surface area (Å²) in [5.41, 5.74) is 2.50. The number of benzene rings is 3. The van der Waals surface area contributed by atoms with E-state index in [4.69, 9.17) is 20.8 Å². The number of sulfonamides is 1. The third-order valence-electron chi connectivity index (χ3n) is 5.95. The predicted octanol–water partition coefficient (Wildman–Crippen LogP) is 5.30. The highest BCUT2D eigenvalue weighted by Gasteiger charge is 2.39. The van der Waals surface area contributed by atoms with Crippen molar-refractivity contribution in [2.24, 2.45) is 5.10 Å². The smallest absolute Gasteiger partial charge is 0.336 e. The average molecular weight is 509 g/mol. The van der Waals surface area contributed by atoms with Crippen LogP contribution in [0, 0.1) is 6.92 Å². The minimum absolute atomic E-state index is 0.0698. The van der Waals surface area contributed by atoms with Crippen LogP contribution in [0.4, 0.5) is 0 Å². The number of nitrogens with zero attached hydrogens (tertiary/aromatic N) is 2. The second kappa shape index (κ2) is 8.87. The molecule has 2 heterocycles. The molecule has 1 aliphatic rings. The van der Waals surface area contributed by atoms with E-state index in [0.717, 1.165) is 15.5 Å². The Morgan fingerprint density at radius 1 is 1.00 bits per heavy atom. The predicted molar refractivity (Wildman–Crippen MR) is 135 cm³/mol. The first kappa shape index (κ1) is 23.1. The Bertz CT molecular complexity index is 1610. The molecule has 0 spiro atoms. The van der Waals surface area contributed by atoms with Crippen molar-refractivity contribution in [2.45, 2.75) is 24.3 Å². The van der Waals surface area contributed by atoms with Crippen molar-refractivity contribution in [2.75, 3.05) is 7.11 Å². The van der Waals surface area contributed by atoms with Crippen LogP contribution in [-0.2, 0) is 10.0 Å². The van der Waals surface area contributed by atoms with E-state index in [-0.39, 0.29) is 11.3 Å². The van der Waals surface area contributed by atoms with Crippen molar-refractivity contribution in [3.8, 4) is 5.75 Å². The molecule has 0 saturated heterocycles. The number of fused-ring (bicyclic) bond motifs is 1. The van der Waals surface area contributed by atoms with Crippen LogP contribution >= 0.6 is 11.6 Å². The van der Waals surface area contributed by atoms with Gasteiger partial charge in [0.25, 0.3) is 10.0 Å². The zero-order chi connectivity index (χ0) is 24.7. The van der Waals surface area contributed by atoms with E-state index in [9.17, 15) is 13.2 Å². The fourth-order valence-electron chi connectivity index (χ4n) is 4.17. The van der Waals surface area contributed by atoms with E-state index < -0.39 is 21.7 Å². The van der Waals surface area contributed by atoms with Gasteiger partial charge in [-0.2, -0.15) is 17.9 Å². The lowest BCUT2D eigenvalue weighted by Crippen LogP contribution is -2.27. The van der Waals surface area contributed by atoms with Gasteiger partial charge in [-0.3, -0.25) is 0 Å². The van der Waals surface area contributed by atoms with Crippen LogP contribution < -0.4 is 10.4 Å². The fraction of sp³-hybridized carbons (Fsp3) is 0.154. The van der Waals surface area contributed by atoms with Gasteiger partial charge in [-0.15, -0.1) is 0 Å². The minimum Gasteiger partial charge on any atom is -0.496 e. The number of hydrogen-bond donors (Lipinski definition) is 0. The lowest BCUT2D eigenvalue weighted by atomic mass is 9.97. The Morgan fingerprint density at radius 3 is 2.37 bits per heavy atom. The maximum Gasteiger partial charge on any atom is 0.336 e. The van der Waals surface area contributed by atoms with Gasteiger partial charge in [-0.05, 0) is 55.0 Å². The third-order valence-corrected chi connectivity index (χ3v) is 7.90. The molecule has 9 heteroatoms. The van der Waals surface area contributed by atoms with Crippen molar-refractivity contribution in [1.29, 1.82) is 0 Å². The molecule has 4 aromatic rings. The molecule has 5 rings (SSSR count). The number of hydrazone groups is 1. The number of halogens is 1. The van der Waals surface area contributed by atoms with Crippen LogP contribution in [0.3, 0.4) is 0 Å². The molecule has 7 nitrogen and oxygen atoms in total. The summed E-state index contributed by atoms with van der Waals surface area (Å²) in [7, 11) is -2.53. The molecular formula is C26H21ClN2O5S. The quantitative estimate of drug-likeness (QED) is 0.341. The van der Waals surface area contributed by atoms with Crippen LogP contribution in [0.1, 0.15) is 29.2 Å². The Hall–Kier alpha value is -3.62. The largest absolute Gasteiger partial charge is 0.496 e. The molecule has 1 aromatic heterocycles. The lowest BCUT2D eigenvalue weighted by molar-refractivity contribution is 0.371. The molecule has 0 fully saturated rings. The maximum absolute atomic E-state index is 13.7. The van der Waals surface area contributed by atoms with Crippen molar-refractivity contribution < 1.29 is 17.6 Å². The fourth-order valence-corrected chi connectivity index (χ4v) is 5.73. The topological polar surface area (TPSA) is 89.2 Å². The van der Waals surface area contributed by atoms with E-state index >= 15 is 0 Å². The number of rotatable bonds is 5. The molecule has 0 aliphatic carbocycles. The van der Waals surface area contributed by atoms with Crippen molar-refractivity contribution in [3.63, 3.8) is 0 Å². The summed E-state index contributed by atoms with van der Waals surface area (Å²) in [6, 6.07) is 19.5. The van der Waals surface area contributed by atoms with Gasteiger partial charge in [0.2, 0.25) is 0 Å². The summed E-state index contributed by atoms with van der Waals surface area (Å²) in [5.74, 6) is 0.430. The SMILES string of the molecule is COc1ccc2ccc(=O)oc2c1C1=NN(S(=O)(=O)c2ccc(Cl)cc2)C(c2ccc(C)cc2)C1. The molecule has 0 N–H and O–H groups in total. The molecule has 0 saturated carbocycles. The van der Waals surface area contributed by atoms with Gasteiger partial charge in [-0.25, -0.2) is 4.79 Å². The first-order valence-corrected chi connectivity index (χ1v) is 12.6. The molecule has 0 radical (unpaired) electrons. The van der Waals surface area contributed by atoms with Crippen molar-refractivity contribution in [3.05, 3.63) is 105 Å². The molecule has 0 bridgehead atoms. The summed E-state index contributed by atoms with van der Waals surface area (Å²) in [6.45, 7) is 1.96. The molecule has 0 amide bonds. The molecule has 35 heavy (non-hydrogen) atoms. The van der Waals surface area contributed by atoms with Crippen molar-refractivity contribution >= 4 is 38.3 Å². The summed E-state index contributed by atoms with van der Waals surface area (Å²) in [5, 5.41) is 5.69. The van der Waals surface area contributed by atoms with Crippen molar-refractivity contribution in [1.82, 2.24) is 4.41 Å².